The monoisotopic (exact) mass is 403 g/mol. The summed E-state index contributed by atoms with van der Waals surface area (Å²) in [5, 5.41) is 25.4. The van der Waals surface area contributed by atoms with E-state index in [0.29, 0.717) is 32.2 Å². The van der Waals surface area contributed by atoms with Gasteiger partial charge in [0.05, 0.1) is 19.2 Å². The van der Waals surface area contributed by atoms with E-state index in [1.807, 2.05) is 0 Å². The maximum absolute atomic E-state index is 12.1. The highest BCUT2D eigenvalue weighted by Crippen LogP contribution is 2.07. The Hall–Kier alpha value is -2.24. The number of rotatable bonds is 14. The van der Waals surface area contributed by atoms with Crippen molar-refractivity contribution < 1.29 is 29.4 Å². The van der Waals surface area contributed by atoms with Crippen LogP contribution in [0.5, 0.6) is 0 Å². The molecule has 0 unspecified atom stereocenters. The molecule has 4 atom stereocenters. The first-order chi connectivity index (χ1) is 13.2. The molecule has 162 valence electrons. The van der Waals surface area contributed by atoms with Gasteiger partial charge in [-0.15, -0.1) is 0 Å². The number of carbonyl (C=O) groups is 4. The van der Waals surface area contributed by atoms with Gasteiger partial charge in [0.1, 0.15) is 12.1 Å². The number of nitrogens with two attached hydrogens (primary N) is 2. The van der Waals surface area contributed by atoms with Gasteiger partial charge in [-0.1, -0.05) is 26.7 Å². The summed E-state index contributed by atoms with van der Waals surface area (Å²) in [6.45, 7) is 2.79. The molecule has 0 radical (unpaired) electrons. The van der Waals surface area contributed by atoms with Crippen molar-refractivity contribution in [2.24, 2.45) is 17.4 Å². The molecule has 0 bridgehead atoms. The third kappa shape index (κ3) is 9.62. The zero-order valence-electron chi connectivity index (χ0n) is 16.4. The number of carboxylic acids is 1. The highest BCUT2D eigenvalue weighted by molar-refractivity contribution is 5.92. The van der Waals surface area contributed by atoms with Gasteiger partial charge >= 0.3 is 5.97 Å². The standard InChI is InChI=1S/C17H33N5O6/c1-3-10(2)14(17(27)28)22-13(24)8-20-16(26)12(9-23)21-15(25)11(19)6-4-5-7-18/h10-12,14,23H,3-9,18-19H2,1-2H3,(H,20,26)(H,21,25)(H,22,24)(H,27,28)/t10-,11-,12-,14-/m0/s1. The summed E-state index contributed by atoms with van der Waals surface area (Å²) in [5.41, 5.74) is 11.1. The van der Waals surface area contributed by atoms with E-state index in [1.54, 1.807) is 13.8 Å². The second kappa shape index (κ2) is 13.9. The Morgan fingerprint density at radius 2 is 1.71 bits per heavy atom. The van der Waals surface area contributed by atoms with E-state index in [-0.39, 0.29) is 5.92 Å². The normalized spacial score (nSPS) is 15.0. The lowest BCUT2D eigenvalue weighted by Gasteiger charge is -2.21. The number of aliphatic hydroxyl groups excluding tert-OH is 1. The molecule has 0 aliphatic heterocycles. The van der Waals surface area contributed by atoms with Crippen LogP contribution in [0, 0.1) is 5.92 Å². The molecule has 0 aromatic carbocycles. The molecule has 0 saturated heterocycles. The number of unbranched alkanes of at least 4 members (excludes halogenated alkanes) is 1. The summed E-state index contributed by atoms with van der Waals surface area (Å²) in [6.07, 6.45) is 2.31. The minimum absolute atomic E-state index is 0.289. The van der Waals surface area contributed by atoms with Crippen LogP contribution >= 0.6 is 0 Å². The van der Waals surface area contributed by atoms with E-state index in [4.69, 9.17) is 16.6 Å². The molecule has 0 aromatic heterocycles. The van der Waals surface area contributed by atoms with Gasteiger partial charge < -0.3 is 37.6 Å². The van der Waals surface area contributed by atoms with Crippen LogP contribution in [0.1, 0.15) is 39.5 Å². The Morgan fingerprint density at radius 1 is 1.07 bits per heavy atom. The third-order valence-corrected chi connectivity index (χ3v) is 4.34. The average Bonchev–Trinajstić information content (AvgIpc) is 2.67. The van der Waals surface area contributed by atoms with Crippen molar-refractivity contribution in [3.05, 3.63) is 0 Å². The summed E-state index contributed by atoms with van der Waals surface area (Å²) in [7, 11) is 0. The van der Waals surface area contributed by atoms with Crippen LogP contribution in [0.3, 0.4) is 0 Å². The highest BCUT2D eigenvalue weighted by Gasteiger charge is 2.26. The van der Waals surface area contributed by atoms with Crippen LogP contribution in [0.2, 0.25) is 0 Å². The topological polar surface area (TPSA) is 197 Å². The smallest absolute Gasteiger partial charge is 0.326 e. The fourth-order valence-corrected chi connectivity index (χ4v) is 2.31. The molecule has 9 N–H and O–H groups in total. The number of carboxylic acid groups (broad SMARTS) is 1. The van der Waals surface area contributed by atoms with Gasteiger partial charge in [0.15, 0.2) is 0 Å². The van der Waals surface area contributed by atoms with Crippen molar-refractivity contribution in [3.8, 4) is 0 Å². The van der Waals surface area contributed by atoms with Crippen LogP contribution in [-0.4, -0.2) is 71.7 Å². The van der Waals surface area contributed by atoms with E-state index >= 15 is 0 Å². The molecule has 28 heavy (non-hydrogen) atoms. The van der Waals surface area contributed by atoms with Gasteiger partial charge in [0, 0.05) is 0 Å². The fraction of sp³-hybridized carbons (Fsp3) is 0.765. The SMILES string of the molecule is CC[C@H](C)[C@H](NC(=O)CNC(=O)[C@H](CO)NC(=O)[C@@H](N)CCCCN)C(=O)O. The first-order valence-electron chi connectivity index (χ1n) is 9.34. The minimum atomic E-state index is -1.27. The van der Waals surface area contributed by atoms with Gasteiger partial charge in [0.25, 0.3) is 0 Å². The van der Waals surface area contributed by atoms with Gasteiger partial charge in [-0.25, -0.2) is 4.79 Å². The molecular weight excluding hydrogens is 370 g/mol. The summed E-state index contributed by atoms with van der Waals surface area (Å²) in [5.74, 6) is -3.53. The van der Waals surface area contributed by atoms with Gasteiger partial charge in [-0.05, 0) is 25.3 Å². The summed E-state index contributed by atoms with van der Waals surface area (Å²) in [4.78, 5) is 47.1. The number of carbonyl (C=O) groups excluding carboxylic acids is 3. The molecule has 11 heteroatoms. The van der Waals surface area contributed by atoms with Crippen molar-refractivity contribution in [3.63, 3.8) is 0 Å². The first kappa shape index (κ1) is 25.8. The van der Waals surface area contributed by atoms with Crippen molar-refractivity contribution >= 4 is 23.7 Å². The Balaban J connectivity index is 4.54. The lowest BCUT2D eigenvalue weighted by atomic mass is 9.99. The van der Waals surface area contributed by atoms with E-state index in [2.05, 4.69) is 16.0 Å². The highest BCUT2D eigenvalue weighted by atomic mass is 16.4. The second-order valence-corrected chi connectivity index (χ2v) is 6.62. The minimum Gasteiger partial charge on any atom is -0.480 e. The maximum atomic E-state index is 12.1. The summed E-state index contributed by atoms with van der Waals surface area (Å²) in [6, 6.07) is -3.19. The number of nitrogens with one attached hydrogen (secondary N) is 3. The molecule has 0 heterocycles. The van der Waals surface area contributed by atoms with E-state index < -0.39 is 55.0 Å². The van der Waals surface area contributed by atoms with Crippen LogP contribution in [0.15, 0.2) is 0 Å². The second-order valence-electron chi connectivity index (χ2n) is 6.62. The average molecular weight is 403 g/mol. The zero-order valence-corrected chi connectivity index (χ0v) is 16.4. The molecule has 0 aliphatic rings. The van der Waals surface area contributed by atoms with Gasteiger partial charge in [-0.3, -0.25) is 14.4 Å². The fourth-order valence-electron chi connectivity index (χ4n) is 2.31. The molecular formula is C17H33N5O6. The zero-order chi connectivity index (χ0) is 21.7. The van der Waals surface area contributed by atoms with Crippen molar-refractivity contribution in [1.29, 1.82) is 0 Å². The quantitative estimate of drug-likeness (QED) is 0.156. The van der Waals surface area contributed by atoms with E-state index in [9.17, 15) is 24.3 Å². The number of amides is 3. The Bertz CT molecular complexity index is 530. The molecule has 0 aromatic rings. The Morgan fingerprint density at radius 3 is 2.21 bits per heavy atom. The number of hydrogen-bond donors (Lipinski definition) is 7. The van der Waals surface area contributed by atoms with Crippen molar-refractivity contribution in [2.45, 2.75) is 57.7 Å². The summed E-state index contributed by atoms with van der Waals surface area (Å²) >= 11 is 0. The molecule has 11 nitrogen and oxygen atoms in total. The summed E-state index contributed by atoms with van der Waals surface area (Å²) < 4.78 is 0. The number of aliphatic carboxylic acids is 1. The Kier molecular flexibility index (Phi) is 12.7. The van der Waals surface area contributed by atoms with Gasteiger partial charge in [-0.2, -0.15) is 0 Å². The van der Waals surface area contributed by atoms with Gasteiger partial charge in [0.2, 0.25) is 17.7 Å². The molecule has 3 amide bonds. The number of hydrogen-bond acceptors (Lipinski definition) is 7. The van der Waals surface area contributed by atoms with Crippen LogP contribution in [0.4, 0.5) is 0 Å². The van der Waals surface area contributed by atoms with Crippen LogP contribution in [-0.2, 0) is 19.2 Å². The van der Waals surface area contributed by atoms with Crippen LogP contribution < -0.4 is 27.4 Å². The number of aliphatic hydroxyl groups is 1. The molecule has 0 saturated carbocycles. The first-order valence-corrected chi connectivity index (χ1v) is 9.34. The largest absolute Gasteiger partial charge is 0.480 e. The lowest BCUT2D eigenvalue weighted by molar-refractivity contribution is -0.143. The maximum Gasteiger partial charge on any atom is 0.326 e. The molecule has 0 aliphatic carbocycles. The molecule has 0 fully saturated rings. The predicted octanol–water partition coefficient (Wildman–Crippen LogP) is -2.35. The van der Waals surface area contributed by atoms with Crippen LogP contribution in [0.25, 0.3) is 0 Å². The van der Waals surface area contributed by atoms with Crippen molar-refractivity contribution in [1.82, 2.24) is 16.0 Å². The van der Waals surface area contributed by atoms with E-state index in [1.165, 1.54) is 0 Å². The third-order valence-electron chi connectivity index (χ3n) is 4.34. The van der Waals surface area contributed by atoms with Crippen molar-refractivity contribution in [2.75, 3.05) is 19.7 Å². The Labute approximate surface area is 164 Å². The molecule has 0 spiro atoms. The molecule has 0 rings (SSSR count). The predicted molar refractivity (Wildman–Crippen MR) is 102 cm³/mol. The van der Waals surface area contributed by atoms with E-state index in [0.717, 1.165) is 0 Å². The lowest BCUT2D eigenvalue weighted by Crippen LogP contribution is -2.55.